The van der Waals surface area contributed by atoms with Crippen LogP contribution in [-0.4, -0.2) is 71.2 Å². The van der Waals surface area contributed by atoms with E-state index in [1.165, 1.54) is 19.3 Å². The van der Waals surface area contributed by atoms with Crippen molar-refractivity contribution in [1.29, 1.82) is 0 Å². The zero-order valence-corrected chi connectivity index (χ0v) is 16.9. The average Bonchev–Trinajstić information content (AvgIpc) is 3.12. The quantitative estimate of drug-likeness (QED) is 0.564. The molecule has 1 aromatic heterocycles. The van der Waals surface area contributed by atoms with E-state index in [1.54, 1.807) is 15.8 Å². The fourth-order valence-electron chi connectivity index (χ4n) is 3.77. The van der Waals surface area contributed by atoms with Crippen LogP contribution >= 0.6 is 0 Å². The third-order valence-electron chi connectivity index (χ3n) is 5.20. The Kier molecular flexibility index (Phi) is 6.89. The number of amides is 2. The molecule has 154 valence electrons. The molecule has 0 spiro atoms. The first kappa shape index (κ1) is 20.2. The van der Waals surface area contributed by atoms with Crippen molar-refractivity contribution in [3.63, 3.8) is 0 Å². The van der Waals surface area contributed by atoms with Gasteiger partial charge in [0, 0.05) is 38.9 Å². The van der Waals surface area contributed by atoms with Crippen molar-refractivity contribution in [2.24, 2.45) is 12.0 Å². The molecule has 2 fully saturated rings. The monoisotopic (exact) mass is 389 g/mol. The Labute approximate surface area is 166 Å². The molecule has 1 saturated carbocycles. The van der Waals surface area contributed by atoms with E-state index in [1.807, 2.05) is 25.1 Å². The van der Waals surface area contributed by atoms with Crippen molar-refractivity contribution in [3.05, 3.63) is 12.4 Å². The van der Waals surface area contributed by atoms with Crippen LogP contribution in [0.2, 0.25) is 0 Å². The van der Waals surface area contributed by atoms with Gasteiger partial charge in [-0.2, -0.15) is 5.10 Å². The standard InChI is InChI=1S/C19H31N7O2/c1-3-20-19(21-12-17(27)23-15-7-5-4-6-8-15)25-9-10-26(18(28)14-25)16-11-22-24(2)13-16/h11,13,15H,3-10,12,14H2,1-2H3,(H,20,21)(H,23,27). The molecule has 2 amide bonds. The summed E-state index contributed by atoms with van der Waals surface area (Å²) in [6.07, 6.45) is 9.26. The maximum absolute atomic E-state index is 12.6. The van der Waals surface area contributed by atoms with E-state index in [2.05, 4.69) is 20.7 Å². The molecule has 0 aromatic carbocycles. The van der Waals surface area contributed by atoms with Gasteiger partial charge in [-0.1, -0.05) is 19.3 Å². The van der Waals surface area contributed by atoms with Gasteiger partial charge in [-0.05, 0) is 19.8 Å². The van der Waals surface area contributed by atoms with E-state index in [-0.39, 0.29) is 30.9 Å². The summed E-state index contributed by atoms with van der Waals surface area (Å²) < 4.78 is 1.69. The van der Waals surface area contributed by atoms with Gasteiger partial charge in [0.05, 0.1) is 11.9 Å². The van der Waals surface area contributed by atoms with Crippen molar-refractivity contribution in [1.82, 2.24) is 25.3 Å². The zero-order valence-electron chi connectivity index (χ0n) is 16.9. The number of aryl methyl sites for hydroxylation is 1. The molecular formula is C19H31N7O2. The molecule has 2 N–H and O–H groups in total. The van der Waals surface area contributed by atoms with Crippen molar-refractivity contribution in [2.75, 3.05) is 37.6 Å². The number of hydrogen-bond acceptors (Lipinski definition) is 4. The Balaban J connectivity index is 1.56. The van der Waals surface area contributed by atoms with E-state index in [0.29, 0.717) is 25.6 Å². The molecule has 0 bridgehead atoms. The van der Waals surface area contributed by atoms with Crippen LogP contribution in [0.1, 0.15) is 39.0 Å². The van der Waals surface area contributed by atoms with Crippen molar-refractivity contribution in [3.8, 4) is 0 Å². The molecule has 3 rings (SSSR count). The second-order valence-electron chi connectivity index (χ2n) is 7.41. The summed E-state index contributed by atoms with van der Waals surface area (Å²) in [5.74, 6) is 0.555. The highest BCUT2D eigenvalue weighted by Gasteiger charge is 2.27. The van der Waals surface area contributed by atoms with Crippen LogP contribution in [0.5, 0.6) is 0 Å². The molecule has 9 heteroatoms. The number of carbonyl (C=O) groups excluding carboxylic acids is 2. The highest BCUT2D eigenvalue weighted by atomic mass is 16.2. The van der Waals surface area contributed by atoms with E-state index >= 15 is 0 Å². The Morgan fingerprint density at radius 3 is 2.71 bits per heavy atom. The first-order valence-corrected chi connectivity index (χ1v) is 10.2. The highest BCUT2D eigenvalue weighted by Crippen LogP contribution is 2.17. The number of carbonyl (C=O) groups is 2. The normalized spacial score (nSPS) is 19.1. The Morgan fingerprint density at radius 2 is 2.07 bits per heavy atom. The van der Waals surface area contributed by atoms with E-state index < -0.39 is 0 Å². The SMILES string of the molecule is CCNC(=NCC(=O)NC1CCCCC1)N1CCN(c2cnn(C)c2)C(=O)C1. The van der Waals surface area contributed by atoms with Gasteiger partial charge in [0.25, 0.3) is 0 Å². The van der Waals surface area contributed by atoms with Gasteiger partial charge in [-0.15, -0.1) is 0 Å². The summed E-state index contributed by atoms with van der Waals surface area (Å²) in [6.45, 7) is 4.17. The Morgan fingerprint density at radius 1 is 1.29 bits per heavy atom. The number of aliphatic imine (C=N–C) groups is 1. The van der Waals surface area contributed by atoms with Crippen LogP contribution in [0, 0.1) is 0 Å². The lowest BCUT2D eigenvalue weighted by atomic mass is 9.95. The number of aromatic nitrogens is 2. The fraction of sp³-hybridized carbons (Fsp3) is 0.684. The minimum Gasteiger partial charge on any atom is -0.356 e. The molecule has 1 aliphatic heterocycles. The molecule has 0 atom stereocenters. The summed E-state index contributed by atoms with van der Waals surface area (Å²) in [6, 6.07) is 0.281. The first-order valence-electron chi connectivity index (χ1n) is 10.2. The van der Waals surface area contributed by atoms with Crippen LogP contribution in [0.4, 0.5) is 5.69 Å². The van der Waals surface area contributed by atoms with Crippen molar-refractivity contribution >= 4 is 23.5 Å². The maximum atomic E-state index is 12.6. The van der Waals surface area contributed by atoms with Crippen LogP contribution in [0.3, 0.4) is 0 Å². The minimum absolute atomic E-state index is 0.00323. The Bertz CT molecular complexity index is 709. The van der Waals surface area contributed by atoms with Crippen LogP contribution in [0.15, 0.2) is 17.4 Å². The number of nitrogens with one attached hydrogen (secondary N) is 2. The van der Waals surface area contributed by atoms with Gasteiger partial charge < -0.3 is 20.4 Å². The molecule has 28 heavy (non-hydrogen) atoms. The molecular weight excluding hydrogens is 358 g/mol. The lowest BCUT2D eigenvalue weighted by Gasteiger charge is -2.35. The van der Waals surface area contributed by atoms with Gasteiger partial charge in [0.15, 0.2) is 5.96 Å². The van der Waals surface area contributed by atoms with E-state index in [4.69, 9.17) is 0 Å². The lowest BCUT2D eigenvalue weighted by Crippen LogP contribution is -2.55. The largest absolute Gasteiger partial charge is 0.356 e. The molecule has 1 aliphatic carbocycles. The van der Waals surface area contributed by atoms with Crippen LogP contribution < -0.4 is 15.5 Å². The number of anilines is 1. The molecule has 0 unspecified atom stereocenters. The molecule has 1 aromatic rings. The molecule has 9 nitrogen and oxygen atoms in total. The number of hydrogen-bond donors (Lipinski definition) is 2. The van der Waals surface area contributed by atoms with Gasteiger partial charge in [0.2, 0.25) is 11.8 Å². The average molecular weight is 390 g/mol. The van der Waals surface area contributed by atoms with Crippen molar-refractivity contribution < 1.29 is 9.59 Å². The van der Waals surface area contributed by atoms with Crippen molar-refractivity contribution in [2.45, 2.75) is 45.1 Å². The molecule has 0 radical (unpaired) electrons. The number of nitrogens with zero attached hydrogens (tertiary/aromatic N) is 5. The summed E-state index contributed by atoms with van der Waals surface area (Å²) in [7, 11) is 1.83. The molecule has 1 saturated heterocycles. The summed E-state index contributed by atoms with van der Waals surface area (Å²) in [4.78, 5) is 33.0. The highest BCUT2D eigenvalue weighted by molar-refractivity contribution is 5.98. The number of rotatable bonds is 5. The molecule has 2 heterocycles. The van der Waals surface area contributed by atoms with E-state index in [9.17, 15) is 9.59 Å². The Hall–Kier alpha value is -2.58. The predicted octanol–water partition coefficient (Wildman–Crippen LogP) is 0.483. The summed E-state index contributed by atoms with van der Waals surface area (Å²) in [5.41, 5.74) is 0.806. The maximum Gasteiger partial charge on any atom is 0.246 e. The van der Waals surface area contributed by atoms with Gasteiger partial charge >= 0.3 is 0 Å². The second kappa shape index (κ2) is 9.57. The minimum atomic E-state index is -0.0531. The number of guanidine groups is 1. The second-order valence-corrected chi connectivity index (χ2v) is 7.41. The van der Waals surface area contributed by atoms with Gasteiger partial charge in [-0.25, -0.2) is 4.99 Å². The fourth-order valence-corrected chi connectivity index (χ4v) is 3.77. The predicted molar refractivity (Wildman–Crippen MR) is 108 cm³/mol. The topological polar surface area (TPSA) is 94.9 Å². The number of piperazine rings is 1. The first-order chi connectivity index (χ1) is 13.6. The zero-order chi connectivity index (χ0) is 19.9. The lowest BCUT2D eigenvalue weighted by molar-refractivity contribution is -0.120. The smallest absolute Gasteiger partial charge is 0.246 e. The van der Waals surface area contributed by atoms with Crippen LogP contribution in [0.25, 0.3) is 0 Å². The third kappa shape index (κ3) is 5.24. The summed E-state index contributed by atoms with van der Waals surface area (Å²) >= 11 is 0. The van der Waals surface area contributed by atoms with Crippen LogP contribution in [-0.2, 0) is 16.6 Å². The third-order valence-corrected chi connectivity index (χ3v) is 5.20. The molecule has 2 aliphatic rings. The van der Waals surface area contributed by atoms with Gasteiger partial charge in [-0.3, -0.25) is 14.3 Å². The van der Waals surface area contributed by atoms with Gasteiger partial charge in [0.1, 0.15) is 13.1 Å². The summed E-state index contributed by atoms with van der Waals surface area (Å²) in [5, 5.41) is 10.4. The van der Waals surface area contributed by atoms with E-state index in [0.717, 1.165) is 18.5 Å².